The molecule has 0 radical (unpaired) electrons. The molecular formula is C16H12BrFO2. The molecule has 0 unspecified atom stereocenters. The Balaban J connectivity index is 1.93. The Kier molecular flexibility index (Phi) is 3.57. The first-order chi connectivity index (χ1) is 9.65. The molecular weight excluding hydrogens is 323 g/mol. The van der Waals surface area contributed by atoms with Crippen molar-refractivity contribution in [2.75, 3.05) is 6.61 Å². The number of ether oxygens (including phenoxy) is 1. The Morgan fingerprint density at radius 3 is 2.90 bits per heavy atom. The largest absolute Gasteiger partial charge is 0.493 e. The fourth-order valence-electron chi connectivity index (χ4n) is 2.43. The normalized spacial score (nSPS) is 12.9. The molecule has 0 aromatic heterocycles. The van der Waals surface area contributed by atoms with Gasteiger partial charge in [-0.15, -0.1) is 0 Å². The van der Waals surface area contributed by atoms with Crippen molar-refractivity contribution in [3.05, 3.63) is 63.4 Å². The standard InChI is InChI=1S/C16H12BrFO2/c17-12-7-10-5-6-20-16(10)11(8-12)9-15(19)13-3-1-2-4-14(13)18/h1-4,7-8H,5-6,9H2. The molecule has 0 N–H and O–H groups in total. The van der Waals surface area contributed by atoms with Crippen LogP contribution in [0.4, 0.5) is 4.39 Å². The SMILES string of the molecule is O=C(Cc1cc(Br)cc2c1OCC2)c1ccccc1F. The zero-order valence-electron chi connectivity index (χ0n) is 10.7. The average Bonchev–Trinajstić information content (AvgIpc) is 2.87. The molecule has 1 heterocycles. The summed E-state index contributed by atoms with van der Waals surface area (Å²) >= 11 is 3.44. The minimum atomic E-state index is -0.481. The van der Waals surface area contributed by atoms with Crippen molar-refractivity contribution in [2.45, 2.75) is 12.8 Å². The number of carbonyl (C=O) groups excluding carboxylic acids is 1. The molecule has 0 atom stereocenters. The first-order valence-electron chi connectivity index (χ1n) is 6.37. The summed E-state index contributed by atoms with van der Waals surface area (Å²) in [5, 5.41) is 0. The fourth-order valence-corrected chi connectivity index (χ4v) is 2.99. The van der Waals surface area contributed by atoms with Gasteiger partial charge in [0.15, 0.2) is 5.78 Å². The second kappa shape index (κ2) is 5.37. The Morgan fingerprint density at radius 1 is 1.30 bits per heavy atom. The highest BCUT2D eigenvalue weighted by atomic mass is 79.9. The molecule has 0 aliphatic carbocycles. The molecule has 1 aliphatic rings. The number of hydrogen-bond acceptors (Lipinski definition) is 2. The second-order valence-electron chi connectivity index (χ2n) is 4.73. The summed E-state index contributed by atoms with van der Waals surface area (Å²) in [5.41, 5.74) is 2.02. The summed E-state index contributed by atoms with van der Waals surface area (Å²) in [6.07, 6.45) is 0.984. The molecule has 1 aliphatic heterocycles. The van der Waals surface area contributed by atoms with Crippen LogP contribution >= 0.6 is 15.9 Å². The van der Waals surface area contributed by atoms with E-state index < -0.39 is 5.82 Å². The summed E-state index contributed by atoms with van der Waals surface area (Å²) in [4.78, 5) is 12.2. The third-order valence-electron chi connectivity index (χ3n) is 3.35. The Labute approximate surface area is 124 Å². The number of ketones is 1. The molecule has 0 saturated heterocycles. The van der Waals surface area contributed by atoms with E-state index in [0.29, 0.717) is 6.61 Å². The molecule has 0 spiro atoms. The molecule has 0 amide bonds. The lowest BCUT2D eigenvalue weighted by Crippen LogP contribution is -2.07. The highest BCUT2D eigenvalue weighted by molar-refractivity contribution is 9.10. The summed E-state index contributed by atoms with van der Waals surface area (Å²) in [5.74, 6) is 0.0573. The van der Waals surface area contributed by atoms with Gasteiger partial charge < -0.3 is 4.74 Å². The number of rotatable bonds is 3. The maximum Gasteiger partial charge on any atom is 0.170 e. The van der Waals surface area contributed by atoms with E-state index in [-0.39, 0.29) is 17.8 Å². The van der Waals surface area contributed by atoms with Gasteiger partial charge in [-0.05, 0) is 29.8 Å². The van der Waals surface area contributed by atoms with E-state index in [0.717, 1.165) is 27.8 Å². The van der Waals surface area contributed by atoms with Gasteiger partial charge in [0.1, 0.15) is 11.6 Å². The van der Waals surface area contributed by atoms with E-state index in [1.807, 2.05) is 12.1 Å². The van der Waals surface area contributed by atoms with E-state index in [2.05, 4.69) is 15.9 Å². The summed E-state index contributed by atoms with van der Waals surface area (Å²) in [7, 11) is 0. The first-order valence-corrected chi connectivity index (χ1v) is 7.16. The quantitative estimate of drug-likeness (QED) is 0.794. The molecule has 3 rings (SSSR count). The maximum absolute atomic E-state index is 13.6. The molecule has 0 bridgehead atoms. The van der Waals surface area contributed by atoms with Gasteiger partial charge in [0.2, 0.25) is 0 Å². The van der Waals surface area contributed by atoms with Crippen molar-refractivity contribution in [2.24, 2.45) is 0 Å². The summed E-state index contributed by atoms with van der Waals surface area (Å²) in [6, 6.07) is 9.91. The van der Waals surface area contributed by atoms with Gasteiger partial charge in [0.05, 0.1) is 12.2 Å². The monoisotopic (exact) mass is 334 g/mol. The average molecular weight is 335 g/mol. The van der Waals surface area contributed by atoms with Gasteiger partial charge in [0.25, 0.3) is 0 Å². The molecule has 102 valence electrons. The van der Waals surface area contributed by atoms with E-state index >= 15 is 0 Å². The van der Waals surface area contributed by atoms with Crippen LogP contribution in [0.25, 0.3) is 0 Å². The van der Waals surface area contributed by atoms with Gasteiger partial charge in [-0.25, -0.2) is 4.39 Å². The van der Waals surface area contributed by atoms with Gasteiger partial charge in [-0.2, -0.15) is 0 Å². The summed E-state index contributed by atoms with van der Waals surface area (Å²) < 4.78 is 20.1. The lowest BCUT2D eigenvalue weighted by atomic mass is 10.00. The van der Waals surface area contributed by atoms with Crippen LogP contribution in [0, 0.1) is 5.82 Å². The van der Waals surface area contributed by atoms with Crippen LogP contribution in [-0.2, 0) is 12.8 Å². The van der Waals surface area contributed by atoms with Crippen molar-refractivity contribution in [1.82, 2.24) is 0 Å². The van der Waals surface area contributed by atoms with Crippen LogP contribution in [0.5, 0.6) is 5.75 Å². The van der Waals surface area contributed by atoms with E-state index in [1.165, 1.54) is 12.1 Å². The second-order valence-corrected chi connectivity index (χ2v) is 5.65. The highest BCUT2D eigenvalue weighted by Gasteiger charge is 2.20. The number of halogens is 2. The van der Waals surface area contributed by atoms with Crippen molar-refractivity contribution < 1.29 is 13.9 Å². The van der Waals surface area contributed by atoms with E-state index in [9.17, 15) is 9.18 Å². The van der Waals surface area contributed by atoms with Gasteiger partial charge in [-0.3, -0.25) is 4.79 Å². The molecule has 0 saturated carbocycles. The molecule has 2 nitrogen and oxygen atoms in total. The number of carbonyl (C=O) groups is 1. The molecule has 2 aromatic rings. The molecule has 2 aromatic carbocycles. The lowest BCUT2D eigenvalue weighted by Gasteiger charge is -2.09. The van der Waals surface area contributed by atoms with Crippen LogP contribution in [0.15, 0.2) is 40.9 Å². The molecule has 4 heteroatoms. The Bertz CT molecular complexity index is 682. The van der Waals surface area contributed by atoms with E-state index in [1.54, 1.807) is 12.1 Å². The van der Waals surface area contributed by atoms with E-state index in [4.69, 9.17) is 4.74 Å². The lowest BCUT2D eigenvalue weighted by molar-refractivity contribution is 0.0988. The van der Waals surface area contributed by atoms with Crippen molar-refractivity contribution in [3.8, 4) is 5.75 Å². The minimum absolute atomic E-state index is 0.124. The zero-order chi connectivity index (χ0) is 14.1. The fraction of sp³-hybridized carbons (Fsp3) is 0.188. The number of fused-ring (bicyclic) bond motifs is 1. The van der Waals surface area contributed by atoms with Crippen molar-refractivity contribution >= 4 is 21.7 Å². The highest BCUT2D eigenvalue weighted by Crippen LogP contribution is 2.33. The van der Waals surface area contributed by atoms with Crippen LogP contribution < -0.4 is 4.74 Å². The molecule has 0 fully saturated rings. The van der Waals surface area contributed by atoms with Crippen LogP contribution in [0.2, 0.25) is 0 Å². The number of hydrogen-bond donors (Lipinski definition) is 0. The first kappa shape index (κ1) is 13.3. The van der Waals surface area contributed by atoms with Gasteiger partial charge >= 0.3 is 0 Å². The van der Waals surface area contributed by atoms with Crippen LogP contribution in [0.1, 0.15) is 21.5 Å². The van der Waals surface area contributed by atoms with Crippen molar-refractivity contribution in [3.63, 3.8) is 0 Å². The Hall–Kier alpha value is -1.68. The number of Topliss-reactive ketones (excluding diaryl/α,β-unsaturated/α-hetero) is 1. The number of benzene rings is 2. The zero-order valence-corrected chi connectivity index (χ0v) is 12.2. The van der Waals surface area contributed by atoms with Gasteiger partial charge in [-0.1, -0.05) is 28.1 Å². The van der Waals surface area contributed by atoms with Crippen LogP contribution in [-0.4, -0.2) is 12.4 Å². The minimum Gasteiger partial charge on any atom is -0.493 e. The van der Waals surface area contributed by atoms with Crippen molar-refractivity contribution in [1.29, 1.82) is 0 Å². The topological polar surface area (TPSA) is 26.3 Å². The van der Waals surface area contributed by atoms with Crippen LogP contribution in [0.3, 0.4) is 0 Å². The predicted octanol–water partition coefficient (Wildman–Crippen LogP) is 3.95. The predicted molar refractivity (Wildman–Crippen MR) is 77.8 cm³/mol. The molecule has 20 heavy (non-hydrogen) atoms. The third-order valence-corrected chi connectivity index (χ3v) is 3.81. The smallest absolute Gasteiger partial charge is 0.170 e. The Morgan fingerprint density at radius 2 is 2.10 bits per heavy atom. The third kappa shape index (κ3) is 2.48. The van der Waals surface area contributed by atoms with Gasteiger partial charge in [0, 0.05) is 22.9 Å². The maximum atomic E-state index is 13.6. The summed E-state index contributed by atoms with van der Waals surface area (Å²) in [6.45, 7) is 0.632.